The summed E-state index contributed by atoms with van der Waals surface area (Å²) in [6.07, 6.45) is 1.52. The van der Waals surface area contributed by atoms with Gasteiger partial charge in [-0.15, -0.1) is 0 Å². The van der Waals surface area contributed by atoms with E-state index in [1.54, 1.807) is 40.1 Å². The topological polar surface area (TPSA) is 115 Å². The van der Waals surface area contributed by atoms with E-state index in [1.807, 2.05) is 0 Å². The third-order valence-corrected chi connectivity index (χ3v) is 5.02. The van der Waals surface area contributed by atoms with Gasteiger partial charge in [-0.25, -0.2) is 4.68 Å². The smallest absolute Gasteiger partial charge is 0.272 e. The summed E-state index contributed by atoms with van der Waals surface area (Å²) in [5, 5.41) is 15.4. The summed E-state index contributed by atoms with van der Waals surface area (Å²) in [6.45, 7) is 3.28. The maximum Gasteiger partial charge on any atom is 0.272 e. The van der Waals surface area contributed by atoms with E-state index in [4.69, 9.17) is 4.42 Å². The highest BCUT2D eigenvalue weighted by atomic mass is 16.6. The lowest BCUT2D eigenvalue weighted by atomic mass is 10.2. The van der Waals surface area contributed by atoms with Gasteiger partial charge < -0.3 is 14.2 Å². The first kappa shape index (κ1) is 19.4. The fourth-order valence-corrected chi connectivity index (χ4v) is 3.38. The summed E-state index contributed by atoms with van der Waals surface area (Å²) in [5.74, 6) is 0.256. The van der Waals surface area contributed by atoms with E-state index in [-0.39, 0.29) is 17.5 Å². The number of carbonyl (C=O) groups is 2. The Balaban J connectivity index is 1.68. The van der Waals surface area contributed by atoms with Crippen molar-refractivity contribution in [2.75, 3.05) is 26.2 Å². The highest BCUT2D eigenvalue weighted by Gasteiger charge is 2.27. The molecule has 1 aliphatic heterocycles. The van der Waals surface area contributed by atoms with E-state index >= 15 is 0 Å². The summed E-state index contributed by atoms with van der Waals surface area (Å²) in [6, 6.07) is 10.9. The number of benzene rings is 1. The van der Waals surface area contributed by atoms with Gasteiger partial charge in [0, 0.05) is 51.3 Å². The number of rotatable bonds is 4. The lowest BCUT2D eigenvalue weighted by Gasteiger charge is -2.34. The summed E-state index contributed by atoms with van der Waals surface area (Å²) in [4.78, 5) is 38.6. The molecular formula is C20H19N5O5. The summed E-state index contributed by atoms with van der Waals surface area (Å²) in [5.41, 5.74) is 1.25. The molecule has 2 amide bonds. The maximum atomic E-state index is 13.3. The normalized spacial score (nSPS) is 14.0. The fourth-order valence-electron chi connectivity index (χ4n) is 3.38. The van der Waals surface area contributed by atoms with Crippen molar-refractivity contribution in [3.05, 3.63) is 64.5 Å². The van der Waals surface area contributed by atoms with Crippen molar-refractivity contribution in [1.29, 1.82) is 0 Å². The number of amides is 2. The van der Waals surface area contributed by atoms with Crippen LogP contribution in [0.3, 0.4) is 0 Å². The van der Waals surface area contributed by atoms with Crippen LogP contribution in [0.25, 0.3) is 17.1 Å². The molecule has 0 saturated carbocycles. The van der Waals surface area contributed by atoms with Gasteiger partial charge in [-0.2, -0.15) is 5.10 Å². The van der Waals surface area contributed by atoms with Crippen molar-refractivity contribution in [3.63, 3.8) is 0 Å². The predicted molar refractivity (Wildman–Crippen MR) is 106 cm³/mol. The number of hydrogen-bond donors (Lipinski definition) is 0. The predicted octanol–water partition coefficient (Wildman–Crippen LogP) is 2.34. The first-order valence-electron chi connectivity index (χ1n) is 9.37. The average molecular weight is 409 g/mol. The lowest BCUT2D eigenvalue weighted by molar-refractivity contribution is -0.384. The third-order valence-electron chi connectivity index (χ3n) is 5.02. The second-order valence-corrected chi connectivity index (χ2v) is 6.88. The number of nitro groups is 1. The van der Waals surface area contributed by atoms with Gasteiger partial charge in [-0.3, -0.25) is 19.7 Å². The minimum absolute atomic E-state index is 0.0156. The molecule has 0 aliphatic carbocycles. The average Bonchev–Trinajstić information content (AvgIpc) is 3.43. The zero-order chi connectivity index (χ0) is 21.3. The van der Waals surface area contributed by atoms with Crippen molar-refractivity contribution < 1.29 is 18.9 Å². The number of hydrogen-bond acceptors (Lipinski definition) is 6. The Morgan fingerprint density at radius 3 is 2.30 bits per heavy atom. The van der Waals surface area contributed by atoms with Gasteiger partial charge in [-0.05, 0) is 24.3 Å². The summed E-state index contributed by atoms with van der Waals surface area (Å²) < 4.78 is 6.87. The van der Waals surface area contributed by atoms with Crippen molar-refractivity contribution in [2.24, 2.45) is 0 Å². The molecule has 154 valence electrons. The van der Waals surface area contributed by atoms with Gasteiger partial charge in [0.1, 0.15) is 11.4 Å². The molecule has 0 spiro atoms. The minimum atomic E-state index is -0.484. The van der Waals surface area contributed by atoms with Gasteiger partial charge in [-0.1, -0.05) is 0 Å². The van der Waals surface area contributed by atoms with Crippen LogP contribution in [0.15, 0.2) is 53.1 Å². The third kappa shape index (κ3) is 3.66. The molecule has 1 aromatic carbocycles. The summed E-state index contributed by atoms with van der Waals surface area (Å²) in [7, 11) is 0. The van der Waals surface area contributed by atoms with Crippen LogP contribution in [0.1, 0.15) is 17.4 Å². The van der Waals surface area contributed by atoms with Crippen LogP contribution >= 0.6 is 0 Å². The number of carbonyl (C=O) groups excluding carboxylic acids is 2. The minimum Gasteiger partial charge on any atom is -0.463 e. The van der Waals surface area contributed by atoms with E-state index < -0.39 is 4.92 Å². The highest BCUT2D eigenvalue weighted by molar-refractivity contribution is 5.94. The number of nitro benzene ring substituents is 1. The summed E-state index contributed by atoms with van der Waals surface area (Å²) >= 11 is 0. The quantitative estimate of drug-likeness (QED) is 0.483. The molecule has 2 aromatic heterocycles. The Morgan fingerprint density at radius 1 is 1.07 bits per heavy atom. The molecule has 1 saturated heterocycles. The van der Waals surface area contributed by atoms with Gasteiger partial charge in [0.25, 0.3) is 11.6 Å². The molecule has 3 aromatic rings. The Labute approximate surface area is 171 Å². The van der Waals surface area contributed by atoms with E-state index in [1.165, 1.54) is 30.0 Å². The molecule has 1 aliphatic rings. The second kappa shape index (κ2) is 7.82. The van der Waals surface area contributed by atoms with Crippen LogP contribution in [-0.4, -0.2) is 62.5 Å². The number of nitrogens with zero attached hydrogens (tertiary/aromatic N) is 5. The largest absolute Gasteiger partial charge is 0.463 e. The molecule has 10 nitrogen and oxygen atoms in total. The second-order valence-electron chi connectivity index (χ2n) is 6.88. The first-order chi connectivity index (χ1) is 14.4. The van der Waals surface area contributed by atoms with Crippen molar-refractivity contribution in [1.82, 2.24) is 19.6 Å². The Kier molecular flexibility index (Phi) is 5.05. The van der Waals surface area contributed by atoms with Gasteiger partial charge >= 0.3 is 0 Å². The number of non-ortho nitro benzene ring substituents is 1. The van der Waals surface area contributed by atoms with Crippen LogP contribution < -0.4 is 0 Å². The van der Waals surface area contributed by atoms with Gasteiger partial charge in [0.2, 0.25) is 5.91 Å². The van der Waals surface area contributed by atoms with Crippen LogP contribution in [-0.2, 0) is 4.79 Å². The van der Waals surface area contributed by atoms with Crippen LogP contribution in [0.2, 0.25) is 0 Å². The van der Waals surface area contributed by atoms with E-state index in [0.717, 1.165) is 0 Å². The van der Waals surface area contributed by atoms with Crippen LogP contribution in [0.5, 0.6) is 0 Å². The molecule has 1 fully saturated rings. The molecule has 0 bridgehead atoms. The molecule has 0 atom stereocenters. The van der Waals surface area contributed by atoms with E-state index in [0.29, 0.717) is 49.0 Å². The Bertz CT molecular complexity index is 1080. The van der Waals surface area contributed by atoms with Crippen molar-refractivity contribution in [2.45, 2.75) is 6.92 Å². The zero-order valence-corrected chi connectivity index (χ0v) is 16.2. The number of furan rings is 1. The molecule has 30 heavy (non-hydrogen) atoms. The molecule has 0 N–H and O–H groups in total. The molecule has 4 rings (SSSR count). The molecule has 3 heterocycles. The monoisotopic (exact) mass is 409 g/mol. The van der Waals surface area contributed by atoms with E-state index in [2.05, 4.69) is 5.10 Å². The number of piperazine rings is 1. The molecule has 0 radical (unpaired) electrons. The highest BCUT2D eigenvalue weighted by Crippen LogP contribution is 2.24. The van der Waals surface area contributed by atoms with Crippen LogP contribution in [0, 0.1) is 10.1 Å². The van der Waals surface area contributed by atoms with Crippen molar-refractivity contribution >= 4 is 17.5 Å². The first-order valence-corrected chi connectivity index (χ1v) is 9.37. The maximum absolute atomic E-state index is 13.3. The van der Waals surface area contributed by atoms with E-state index in [9.17, 15) is 19.7 Å². The standard InChI is InChI=1S/C20H19N5O5/c1-14(26)22-8-10-23(11-9-22)20(27)18-13-17(19-3-2-12-30-19)21-24(18)15-4-6-16(7-5-15)25(28)29/h2-7,12-13H,8-11H2,1H3. The zero-order valence-electron chi connectivity index (χ0n) is 16.2. The molecular weight excluding hydrogens is 390 g/mol. The fraction of sp³-hybridized carbons (Fsp3) is 0.250. The Morgan fingerprint density at radius 2 is 1.73 bits per heavy atom. The SMILES string of the molecule is CC(=O)N1CCN(C(=O)c2cc(-c3ccco3)nn2-c2ccc([N+](=O)[O-])cc2)CC1. The van der Waals surface area contributed by atoms with Crippen molar-refractivity contribution in [3.8, 4) is 17.1 Å². The number of aromatic nitrogens is 2. The Hall–Kier alpha value is -3.95. The molecule has 10 heteroatoms. The van der Waals surface area contributed by atoms with Gasteiger partial charge in [0.05, 0.1) is 16.9 Å². The molecule has 0 unspecified atom stereocenters. The lowest BCUT2D eigenvalue weighted by Crippen LogP contribution is -2.50. The van der Waals surface area contributed by atoms with Crippen LogP contribution in [0.4, 0.5) is 5.69 Å². The van der Waals surface area contributed by atoms with Gasteiger partial charge in [0.15, 0.2) is 5.76 Å².